The van der Waals surface area contributed by atoms with Crippen molar-refractivity contribution in [3.8, 4) is 0 Å². The maximum Gasteiger partial charge on any atom is 0.255 e. The van der Waals surface area contributed by atoms with E-state index in [2.05, 4.69) is 4.98 Å². The van der Waals surface area contributed by atoms with Gasteiger partial charge in [0.2, 0.25) is 5.91 Å². The highest BCUT2D eigenvalue weighted by molar-refractivity contribution is 5.94. The van der Waals surface area contributed by atoms with Crippen molar-refractivity contribution in [2.45, 2.75) is 45.0 Å². The van der Waals surface area contributed by atoms with Crippen LogP contribution in [0.4, 0.5) is 0 Å². The molecular formula is C20H31N3O6. The van der Waals surface area contributed by atoms with Gasteiger partial charge in [-0.1, -0.05) is 0 Å². The van der Waals surface area contributed by atoms with Gasteiger partial charge in [-0.3, -0.25) is 14.6 Å². The molecule has 0 radical (unpaired) electrons. The van der Waals surface area contributed by atoms with Crippen molar-refractivity contribution in [1.82, 2.24) is 14.8 Å². The molecule has 9 heteroatoms. The third-order valence-electron chi connectivity index (χ3n) is 4.98. The van der Waals surface area contributed by atoms with Crippen LogP contribution in [0.25, 0.3) is 0 Å². The molecule has 1 aliphatic rings. The van der Waals surface area contributed by atoms with Gasteiger partial charge >= 0.3 is 0 Å². The van der Waals surface area contributed by atoms with Gasteiger partial charge in [0.1, 0.15) is 18.3 Å². The number of β-amino-alcohol motifs (C(OH)–C–C–N with tert-alkyl or cyclic N) is 1. The number of aromatic nitrogens is 1. The number of hydrogen-bond donors (Lipinski definition) is 3. The minimum atomic E-state index is -1.43. The average molecular weight is 409 g/mol. The number of rotatable bonds is 1. The van der Waals surface area contributed by atoms with Gasteiger partial charge in [-0.15, -0.1) is 0 Å². The summed E-state index contributed by atoms with van der Waals surface area (Å²) in [4.78, 5) is 32.1. The molecule has 0 unspecified atom stereocenters. The van der Waals surface area contributed by atoms with E-state index in [1.54, 1.807) is 17.0 Å². The second-order valence-corrected chi connectivity index (χ2v) is 7.35. The van der Waals surface area contributed by atoms with Gasteiger partial charge in [0, 0.05) is 51.6 Å². The van der Waals surface area contributed by atoms with E-state index in [1.807, 2.05) is 6.92 Å². The van der Waals surface area contributed by atoms with Crippen LogP contribution in [0.3, 0.4) is 0 Å². The van der Waals surface area contributed by atoms with Gasteiger partial charge in [-0.2, -0.15) is 0 Å². The second-order valence-electron chi connectivity index (χ2n) is 7.35. The van der Waals surface area contributed by atoms with Gasteiger partial charge in [-0.05, 0) is 31.9 Å². The van der Waals surface area contributed by atoms with Gasteiger partial charge in [0.15, 0.2) is 0 Å². The Kier molecular flexibility index (Phi) is 8.97. The SMILES string of the molecule is CC(=O)N1CCN(C(=O)c2ccc(C)nc2)CCCCOC[C@@H](O)[C@H](O)[C@@H](O)C1. The Labute approximate surface area is 170 Å². The molecule has 0 bridgehead atoms. The summed E-state index contributed by atoms with van der Waals surface area (Å²) in [6.45, 7) is 4.27. The van der Waals surface area contributed by atoms with Gasteiger partial charge < -0.3 is 29.9 Å². The lowest BCUT2D eigenvalue weighted by molar-refractivity contribution is -0.134. The Morgan fingerprint density at radius 1 is 1.07 bits per heavy atom. The van der Waals surface area contributed by atoms with Crippen LogP contribution >= 0.6 is 0 Å². The van der Waals surface area contributed by atoms with E-state index in [1.165, 1.54) is 18.0 Å². The van der Waals surface area contributed by atoms with E-state index in [9.17, 15) is 24.9 Å². The molecule has 1 aromatic rings. The summed E-state index contributed by atoms with van der Waals surface area (Å²) in [6, 6.07) is 3.50. The molecule has 2 heterocycles. The van der Waals surface area contributed by atoms with E-state index in [0.29, 0.717) is 31.6 Å². The van der Waals surface area contributed by atoms with E-state index in [4.69, 9.17) is 4.74 Å². The van der Waals surface area contributed by atoms with Crippen LogP contribution in [-0.4, -0.2) is 99.6 Å². The van der Waals surface area contributed by atoms with E-state index in [0.717, 1.165) is 5.69 Å². The van der Waals surface area contributed by atoms with Crippen LogP contribution in [0, 0.1) is 6.92 Å². The Morgan fingerprint density at radius 3 is 2.45 bits per heavy atom. The topological polar surface area (TPSA) is 123 Å². The normalized spacial score (nSPS) is 25.3. The molecule has 2 rings (SSSR count). The molecular weight excluding hydrogens is 378 g/mol. The Morgan fingerprint density at radius 2 is 1.79 bits per heavy atom. The smallest absolute Gasteiger partial charge is 0.255 e. The number of pyridine rings is 1. The summed E-state index contributed by atoms with van der Waals surface area (Å²) in [5.74, 6) is -0.469. The number of aliphatic hydroxyl groups excluding tert-OH is 3. The van der Waals surface area contributed by atoms with Crippen LogP contribution in [0.15, 0.2) is 18.3 Å². The van der Waals surface area contributed by atoms with Crippen LogP contribution in [0.2, 0.25) is 0 Å². The minimum absolute atomic E-state index is 0.115. The molecule has 0 aromatic carbocycles. The van der Waals surface area contributed by atoms with Gasteiger partial charge in [0.25, 0.3) is 5.91 Å². The fourth-order valence-corrected chi connectivity index (χ4v) is 3.11. The number of carbonyl (C=O) groups excluding carboxylic acids is 2. The van der Waals surface area contributed by atoms with Crippen LogP contribution in [0.1, 0.15) is 35.8 Å². The van der Waals surface area contributed by atoms with Crippen molar-refractivity contribution < 1.29 is 29.6 Å². The first kappa shape index (κ1) is 23.2. The molecule has 0 aliphatic carbocycles. The lowest BCUT2D eigenvalue weighted by atomic mass is 10.1. The fraction of sp³-hybridized carbons (Fsp3) is 0.650. The monoisotopic (exact) mass is 409 g/mol. The molecule has 9 nitrogen and oxygen atoms in total. The lowest BCUT2D eigenvalue weighted by Crippen LogP contribution is -2.49. The van der Waals surface area contributed by atoms with Crippen molar-refractivity contribution in [3.63, 3.8) is 0 Å². The largest absolute Gasteiger partial charge is 0.388 e. The Balaban J connectivity index is 2.14. The molecule has 1 fully saturated rings. The summed E-state index contributed by atoms with van der Waals surface area (Å²) >= 11 is 0. The van der Waals surface area contributed by atoms with Gasteiger partial charge in [-0.25, -0.2) is 0 Å². The summed E-state index contributed by atoms with van der Waals surface area (Å²) in [5, 5.41) is 30.2. The summed E-state index contributed by atoms with van der Waals surface area (Å²) < 4.78 is 5.36. The fourth-order valence-electron chi connectivity index (χ4n) is 3.11. The zero-order valence-electron chi connectivity index (χ0n) is 17.0. The van der Waals surface area contributed by atoms with Crippen LogP contribution in [-0.2, 0) is 9.53 Å². The zero-order valence-corrected chi connectivity index (χ0v) is 17.0. The second kappa shape index (κ2) is 11.2. The van der Waals surface area contributed by atoms with Gasteiger partial charge in [0.05, 0.1) is 12.2 Å². The number of amides is 2. The number of nitrogens with zero attached hydrogens (tertiary/aromatic N) is 3. The molecule has 1 aromatic heterocycles. The number of carbonyl (C=O) groups is 2. The quantitative estimate of drug-likeness (QED) is 0.575. The maximum absolute atomic E-state index is 12.9. The minimum Gasteiger partial charge on any atom is -0.388 e. The highest BCUT2D eigenvalue weighted by atomic mass is 16.5. The maximum atomic E-state index is 12.9. The van der Waals surface area contributed by atoms with Crippen molar-refractivity contribution in [1.29, 1.82) is 0 Å². The molecule has 3 N–H and O–H groups in total. The van der Waals surface area contributed by atoms with Crippen LogP contribution in [0.5, 0.6) is 0 Å². The number of aliphatic hydroxyl groups is 3. The lowest BCUT2D eigenvalue weighted by Gasteiger charge is -2.31. The molecule has 2 amide bonds. The molecule has 0 saturated carbocycles. The molecule has 162 valence electrons. The zero-order chi connectivity index (χ0) is 21.4. The molecule has 1 aliphatic heterocycles. The van der Waals surface area contributed by atoms with Crippen molar-refractivity contribution in [2.75, 3.05) is 39.4 Å². The number of ether oxygens (including phenoxy) is 1. The highest BCUT2D eigenvalue weighted by Crippen LogP contribution is 2.10. The first-order valence-corrected chi connectivity index (χ1v) is 9.89. The molecule has 1 saturated heterocycles. The highest BCUT2D eigenvalue weighted by Gasteiger charge is 2.28. The predicted molar refractivity (Wildman–Crippen MR) is 105 cm³/mol. The van der Waals surface area contributed by atoms with Crippen molar-refractivity contribution >= 4 is 11.8 Å². The summed E-state index contributed by atoms with van der Waals surface area (Å²) in [5.41, 5.74) is 1.29. The average Bonchev–Trinajstić information content (AvgIpc) is 2.69. The Bertz CT molecular complexity index is 669. The van der Waals surface area contributed by atoms with E-state index >= 15 is 0 Å². The van der Waals surface area contributed by atoms with Crippen molar-refractivity contribution in [3.05, 3.63) is 29.6 Å². The third-order valence-corrected chi connectivity index (χ3v) is 4.98. The van der Waals surface area contributed by atoms with E-state index in [-0.39, 0.29) is 38.1 Å². The standard InChI is InChI=1S/C20H31N3O6/c1-14-5-6-16(11-21-14)20(28)22-7-3-4-10-29-13-18(26)19(27)17(25)12-23(9-8-22)15(2)24/h5-6,11,17-19,25-27H,3-4,7-10,12-13H2,1-2H3/t17-,18+,19+/m0/s1. The third kappa shape index (κ3) is 7.04. The molecule has 3 atom stereocenters. The van der Waals surface area contributed by atoms with Crippen LogP contribution < -0.4 is 0 Å². The molecule has 29 heavy (non-hydrogen) atoms. The first-order chi connectivity index (χ1) is 13.8. The summed E-state index contributed by atoms with van der Waals surface area (Å²) in [6.07, 6.45) is -1.11. The molecule has 0 spiro atoms. The summed E-state index contributed by atoms with van der Waals surface area (Å²) in [7, 11) is 0. The first-order valence-electron chi connectivity index (χ1n) is 9.89. The van der Waals surface area contributed by atoms with E-state index < -0.39 is 18.3 Å². The Hall–Kier alpha value is -2.07. The number of aryl methyl sites for hydroxylation is 1. The van der Waals surface area contributed by atoms with Crippen molar-refractivity contribution in [2.24, 2.45) is 0 Å². The predicted octanol–water partition coefficient (Wildman–Crippen LogP) is -0.426. The number of hydrogen-bond acceptors (Lipinski definition) is 7.